The van der Waals surface area contributed by atoms with Crippen LogP contribution in [-0.4, -0.2) is 17.0 Å². The Hall–Kier alpha value is -1.85. The molecule has 0 unspecified atom stereocenters. The Morgan fingerprint density at radius 2 is 1.81 bits per heavy atom. The van der Waals surface area contributed by atoms with Gasteiger partial charge in [0.2, 0.25) is 0 Å². The first-order valence-corrected chi connectivity index (χ1v) is 7.16. The van der Waals surface area contributed by atoms with E-state index in [0.29, 0.717) is 11.3 Å². The van der Waals surface area contributed by atoms with E-state index >= 15 is 0 Å². The average Bonchev–Trinajstić information content (AvgIpc) is 2.43. The van der Waals surface area contributed by atoms with Gasteiger partial charge in [-0.1, -0.05) is 27.5 Å². The second-order valence-corrected chi connectivity index (χ2v) is 5.68. The number of carboxylic acid groups (broad SMARTS) is 1. The number of hydrogen-bond donors (Lipinski definition) is 2. The molecule has 0 saturated heterocycles. The van der Waals surface area contributed by atoms with Crippen LogP contribution in [0.25, 0.3) is 0 Å². The Morgan fingerprint density at radius 1 is 1.14 bits per heavy atom. The summed E-state index contributed by atoms with van der Waals surface area (Å²) in [4.78, 5) is 23.0. The highest BCUT2D eigenvalue weighted by Crippen LogP contribution is 2.24. The van der Waals surface area contributed by atoms with Crippen LogP contribution in [0.15, 0.2) is 40.9 Å². The average molecular weight is 369 g/mol. The number of carbonyl (C=O) groups excluding carboxylic acids is 1. The fraction of sp³-hybridized carbons (Fsp3) is 0.0667. The summed E-state index contributed by atoms with van der Waals surface area (Å²) in [6.45, 7) is 1.88. The molecular weight excluding hydrogens is 358 g/mol. The Kier molecular flexibility index (Phi) is 4.65. The monoisotopic (exact) mass is 367 g/mol. The first-order valence-electron chi connectivity index (χ1n) is 5.99. The van der Waals surface area contributed by atoms with Crippen molar-refractivity contribution in [2.24, 2.45) is 0 Å². The van der Waals surface area contributed by atoms with Gasteiger partial charge in [-0.05, 0) is 48.9 Å². The molecule has 0 aliphatic rings. The highest BCUT2D eigenvalue weighted by Gasteiger charge is 2.11. The normalized spacial score (nSPS) is 10.2. The quantitative estimate of drug-likeness (QED) is 0.846. The smallest absolute Gasteiger partial charge is 0.335 e. The molecule has 2 N–H and O–H groups in total. The summed E-state index contributed by atoms with van der Waals surface area (Å²) in [6, 6.07) is 9.38. The molecule has 108 valence electrons. The number of hydrogen-bond acceptors (Lipinski definition) is 2. The lowest BCUT2D eigenvalue weighted by atomic mass is 10.1. The van der Waals surface area contributed by atoms with Gasteiger partial charge in [0.15, 0.2) is 0 Å². The van der Waals surface area contributed by atoms with Crippen molar-refractivity contribution in [3.8, 4) is 0 Å². The molecule has 0 atom stereocenters. The number of amides is 1. The van der Waals surface area contributed by atoms with Crippen molar-refractivity contribution in [1.82, 2.24) is 0 Å². The highest BCUT2D eigenvalue weighted by atomic mass is 79.9. The van der Waals surface area contributed by atoms with Crippen LogP contribution in [0.3, 0.4) is 0 Å². The molecular formula is C15H11BrClNO3. The number of benzene rings is 2. The topological polar surface area (TPSA) is 66.4 Å². The Balaban J connectivity index is 2.23. The van der Waals surface area contributed by atoms with Crippen molar-refractivity contribution < 1.29 is 14.7 Å². The highest BCUT2D eigenvalue weighted by molar-refractivity contribution is 9.10. The maximum absolute atomic E-state index is 12.1. The molecule has 21 heavy (non-hydrogen) atoms. The minimum absolute atomic E-state index is 0.0671. The summed E-state index contributed by atoms with van der Waals surface area (Å²) in [5, 5.41) is 11.7. The Bertz CT molecular complexity index is 731. The number of carboxylic acids is 1. The van der Waals surface area contributed by atoms with Gasteiger partial charge in [0.05, 0.1) is 16.3 Å². The van der Waals surface area contributed by atoms with Gasteiger partial charge in [-0.25, -0.2) is 4.79 Å². The molecule has 2 aromatic carbocycles. The fourth-order valence-corrected chi connectivity index (χ4v) is 2.20. The minimum atomic E-state index is -1.07. The number of aryl methyl sites for hydroxylation is 1. The predicted octanol–water partition coefficient (Wildman–Crippen LogP) is 4.36. The molecule has 0 saturated carbocycles. The van der Waals surface area contributed by atoms with Crippen LogP contribution in [0, 0.1) is 6.92 Å². The molecule has 1 amide bonds. The zero-order valence-electron chi connectivity index (χ0n) is 11.0. The first-order chi connectivity index (χ1) is 9.88. The number of carbonyl (C=O) groups is 2. The molecule has 0 aliphatic carbocycles. The van der Waals surface area contributed by atoms with Crippen LogP contribution >= 0.6 is 27.5 Å². The van der Waals surface area contributed by atoms with Gasteiger partial charge >= 0.3 is 5.97 Å². The molecule has 0 spiro atoms. The third-order valence-corrected chi connectivity index (χ3v) is 4.09. The van der Waals surface area contributed by atoms with Crippen molar-refractivity contribution in [2.45, 2.75) is 6.92 Å². The fourth-order valence-electron chi connectivity index (χ4n) is 1.73. The standard InChI is InChI=1S/C15H11BrClNO3/c1-8-6-9(2-4-11(8)16)14(19)18-13-5-3-10(15(20)21)7-12(13)17/h2-7H,1H3,(H,18,19)(H,20,21). The molecule has 0 aliphatic heterocycles. The van der Waals surface area contributed by atoms with Crippen molar-refractivity contribution in [2.75, 3.05) is 5.32 Å². The predicted molar refractivity (Wildman–Crippen MR) is 85.2 cm³/mol. The molecule has 0 bridgehead atoms. The largest absolute Gasteiger partial charge is 0.478 e. The van der Waals surface area contributed by atoms with Gasteiger partial charge in [0.25, 0.3) is 5.91 Å². The van der Waals surface area contributed by atoms with Gasteiger partial charge < -0.3 is 10.4 Å². The SMILES string of the molecule is Cc1cc(C(=O)Nc2ccc(C(=O)O)cc2Cl)ccc1Br. The molecule has 0 radical (unpaired) electrons. The zero-order chi connectivity index (χ0) is 15.6. The van der Waals surface area contributed by atoms with Crippen molar-refractivity contribution in [3.63, 3.8) is 0 Å². The van der Waals surface area contributed by atoms with E-state index in [2.05, 4.69) is 21.2 Å². The van der Waals surface area contributed by atoms with Gasteiger partial charge in [-0.15, -0.1) is 0 Å². The summed E-state index contributed by atoms with van der Waals surface area (Å²) in [5.74, 6) is -1.38. The van der Waals surface area contributed by atoms with Crippen LogP contribution in [0.4, 0.5) is 5.69 Å². The second kappa shape index (κ2) is 6.28. The van der Waals surface area contributed by atoms with E-state index in [1.807, 2.05) is 6.92 Å². The molecule has 0 fully saturated rings. The second-order valence-electron chi connectivity index (χ2n) is 4.42. The first kappa shape index (κ1) is 15.5. The lowest BCUT2D eigenvalue weighted by Crippen LogP contribution is -2.12. The van der Waals surface area contributed by atoms with E-state index in [1.54, 1.807) is 18.2 Å². The molecule has 2 rings (SSSR count). The van der Waals surface area contributed by atoms with E-state index in [4.69, 9.17) is 16.7 Å². The molecule has 6 heteroatoms. The number of anilines is 1. The summed E-state index contributed by atoms with van der Waals surface area (Å²) in [5.41, 5.74) is 1.87. The van der Waals surface area contributed by atoms with Gasteiger partial charge in [-0.3, -0.25) is 4.79 Å². The third kappa shape index (κ3) is 3.62. The maximum Gasteiger partial charge on any atom is 0.335 e. The van der Waals surface area contributed by atoms with E-state index < -0.39 is 5.97 Å². The number of rotatable bonds is 3. The van der Waals surface area contributed by atoms with E-state index in [0.717, 1.165) is 10.0 Å². The van der Waals surface area contributed by atoms with Gasteiger partial charge in [0.1, 0.15) is 0 Å². The van der Waals surface area contributed by atoms with E-state index in [1.165, 1.54) is 18.2 Å². The minimum Gasteiger partial charge on any atom is -0.478 e. The van der Waals surface area contributed by atoms with Crippen molar-refractivity contribution >= 4 is 45.1 Å². The summed E-state index contributed by atoms with van der Waals surface area (Å²) in [7, 11) is 0. The van der Waals surface area contributed by atoms with Crippen LogP contribution < -0.4 is 5.32 Å². The van der Waals surface area contributed by atoms with Gasteiger partial charge in [-0.2, -0.15) is 0 Å². The van der Waals surface area contributed by atoms with Crippen LogP contribution in [0.2, 0.25) is 5.02 Å². The van der Waals surface area contributed by atoms with Crippen molar-refractivity contribution in [3.05, 3.63) is 62.6 Å². The van der Waals surface area contributed by atoms with E-state index in [9.17, 15) is 9.59 Å². The summed E-state index contributed by atoms with van der Waals surface area (Å²) >= 11 is 9.35. The Morgan fingerprint density at radius 3 is 2.38 bits per heavy atom. The lowest BCUT2D eigenvalue weighted by Gasteiger charge is -2.09. The lowest BCUT2D eigenvalue weighted by molar-refractivity contribution is 0.0696. The number of nitrogens with one attached hydrogen (secondary N) is 1. The number of halogens is 2. The number of aromatic carboxylic acids is 1. The van der Waals surface area contributed by atoms with Crippen molar-refractivity contribution in [1.29, 1.82) is 0 Å². The molecule has 4 nitrogen and oxygen atoms in total. The molecule has 2 aromatic rings. The van der Waals surface area contributed by atoms with Crippen LogP contribution in [-0.2, 0) is 0 Å². The maximum atomic E-state index is 12.1. The molecule has 0 aromatic heterocycles. The van der Waals surface area contributed by atoms with Crippen LogP contribution in [0.5, 0.6) is 0 Å². The zero-order valence-corrected chi connectivity index (χ0v) is 13.3. The summed E-state index contributed by atoms with van der Waals surface area (Å²) in [6.07, 6.45) is 0. The van der Waals surface area contributed by atoms with Gasteiger partial charge in [0, 0.05) is 10.0 Å². The van der Waals surface area contributed by atoms with Crippen LogP contribution in [0.1, 0.15) is 26.3 Å². The molecule has 0 heterocycles. The van der Waals surface area contributed by atoms with E-state index in [-0.39, 0.29) is 16.5 Å². The summed E-state index contributed by atoms with van der Waals surface area (Å²) < 4.78 is 0.919. The Labute approximate surface area is 134 Å². The third-order valence-electron chi connectivity index (χ3n) is 2.88.